The summed E-state index contributed by atoms with van der Waals surface area (Å²) in [4.78, 5) is 31.8. The Kier molecular flexibility index (Phi) is 6.11. The first-order valence-corrected chi connectivity index (χ1v) is 9.85. The molecule has 1 aliphatic heterocycles. The third kappa shape index (κ3) is 4.58. The molecule has 1 saturated heterocycles. The molecule has 1 fully saturated rings. The first-order valence-electron chi connectivity index (χ1n) is 9.85. The van der Waals surface area contributed by atoms with Gasteiger partial charge in [0.2, 0.25) is 5.91 Å². The molecule has 2 heterocycles. The average molecular weight is 384 g/mol. The van der Waals surface area contributed by atoms with E-state index in [-0.39, 0.29) is 29.6 Å². The van der Waals surface area contributed by atoms with Crippen LogP contribution in [0.4, 0.5) is 0 Å². The van der Waals surface area contributed by atoms with Crippen LogP contribution in [-0.4, -0.2) is 45.5 Å². The zero-order valence-corrected chi connectivity index (χ0v) is 16.9. The Balaban J connectivity index is 1.85. The van der Waals surface area contributed by atoms with Crippen LogP contribution in [0.2, 0.25) is 0 Å². The fourth-order valence-electron chi connectivity index (χ4n) is 3.59. The number of carbonyl (C=O) groups is 2. The van der Waals surface area contributed by atoms with Crippen LogP contribution < -0.4 is 5.32 Å². The van der Waals surface area contributed by atoms with Crippen molar-refractivity contribution in [1.29, 1.82) is 0 Å². The third-order valence-electron chi connectivity index (χ3n) is 4.79. The Morgan fingerprint density at radius 1 is 1.18 bits per heavy atom. The Morgan fingerprint density at radius 3 is 2.50 bits per heavy atom. The second-order valence-corrected chi connectivity index (χ2v) is 8.23. The van der Waals surface area contributed by atoms with Gasteiger partial charge in [0, 0.05) is 18.2 Å². The molecule has 0 spiro atoms. The van der Waals surface area contributed by atoms with Crippen LogP contribution in [0.1, 0.15) is 51.2 Å². The molecule has 0 radical (unpaired) electrons. The number of rotatable bonds is 6. The number of piperazine rings is 1. The molecule has 0 unspecified atom stereocenters. The molecular formula is C21H28N4O3. The van der Waals surface area contributed by atoms with Crippen LogP contribution in [0.15, 0.2) is 34.9 Å². The Hall–Kier alpha value is -2.70. The van der Waals surface area contributed by atoms with Gasteiger partial charge in [0.15, 0.2) is 0 Å². The molecule has 7 heteroatoms. The van der Waals surface area contributed by atoms with Gasteiger partial charge in [0.05, 0.1) is 0 Å². The van der Waals surface area contributed by atoms with Gasteiger partial charge in [-0.1, -0.05) is 51.1 Å². The lowest BCUT2D eigenvalue weighted by Gasteiger charge is -2.40. The van der Waals surface area contributed by atoms with Crippen molar-refractivity contribution in [2.75, 3.05) is 6.54 Å². The third-order valence-corrected chi connectivity index (χ3v) is 4.79. The van der Waals surface area contributed by atoms with Crippen LogP contribution in [-0.2, 0) is 4.79 Å². The molecule has 0 aliphatic carbocycles. The molecule has 3 rings (SSSR count). The second kappa shape index (κ2) is 8.54. The minimum Gasteiger partial charge on any atom is -0.350 e. The minimum atomic E-state index is -0.519. The predicted molar refractivity (Wildman–Crippen MR) is 105 cm³/mol. The summed E-state index contributed by atoms with van der Waals surface area (Å²) in [6.45, 7) is 8.74. The van der Waals surface area contributed by atoms with Crippen molar-refractivity contribution in [3.05, 3.63) is 36.2 Å². The number of hydrogen-bond acceptors (Lipinski definition) is 5. The number of aromatic nitrogens is 2. The summed E-state index contributed by atoms with van der Waals surface area (Å²) < 4.78 is 5.29. The van der Waals surface area contributed by atoms with Gasteiger partial charge in [0.25, 0.3) is 17.6 Å². The van der Waals surface area contributed by atoms with Gasteiger partial charge in [0.1, 0.15) is 6.04 Å². The fourth-order valence-corrected chi connectivity index (χ4v) is 3.59. The summed E-state index contributed by atoms with van der Waals surface area (Å²) in [6.07, 6.45) is 1.40. The van der Waals surface area contributed by atoms with E-state index < -0.39 is 6.04 Å². The van der Waals surface area contributed by atoms with Crippen molar-refractivity contribution >= 4 is 11.8 Å². The highest BCUT2D eigenvalue weighted by Crippen LogP contribution is 2.22. The number of nitrogens with one attached hydrogen (secondary N) is 1. The largest absolute Gasteiger partial charge is 0.350 e. The normalized spacial score (nSPS) is 19.9. The number of carbonyl (C=O) groups excluding carboxylic acids is 2. The summed E-state index contributed by atoms with van der Waals surface area (Å²) in [5.41, 5.74) is 0.752. The van der Waals surface area contributed by atoms with E-state index in [1.807, 2.05) is 44.2 Å². The zero-order valence-electron chi connectivity index (χ0n) is 16.9. The van der Waals surface area contributed by atoms with E-state index in [1.54, 1.807) is 4.90 Å². The highest BCUT2D eigenvalue weighted by atomic mass is 16.5. The number of amides is 2. The summed E-state index contributed by atoms with van der Waals surface area (Å²) in [6, 6.07) is 8.72. The maximum atomic E-state index is 13.2. The summed E-state index contributed by atoms with van der Waals surface area (Å²) in [5, 5.41) is 6.96. The van der Waals surface area contributed by atoms with Crippen molar-refractivity contribution in [2.45, 2.75) is 52.6 Å². The van der Waals surface area contributed by atoms with Crippen LogP contribution >= 0.6 is 0 Å². The summed E-state index contributed by atoms with van der Waals surface area (Å²) >= 11 is 0. The molecule has 2 aromatic rings. The van der Waals surface area contributed by atoms with E-state index >= 15 is 0 Å². The number of benzene rings is 1. The van der Waals surface area contributed by atoms with Crippen molar-refractivity contribution in [3.63, 3.8) is 0 Å². The summed E-state index contributed by atoms with van der Waals surface area (Å²) in [7, 11) is 0. The zero-order chi connectivity index (χ0) is 20.3. The molecule has 150 valence electrons. The first-order chi connectivity index (χ1) is 13.3. The lowest BCUT2D eigenvalue weighted by molar-refractivity contribution is -0.130. The molecule has 28 heavy (non-hydrogen) atoms. The predicted octanol–water partition coefficient (Wildman–Crippen LogP) is 3.14. The molecule has 0 saturated carbocycles. The SMILES string of the molecule is CC(C)C[C@H]1CN(C(=O)c2noc(-c3ccccc3)n2)[C@@H](CC(C)C)C(=O)N1. The fraction of sp³-hybridized carbons (Fsp3) is 0.524. The maximum absolute atomic E-state index is 13.2. The lowest BCUT2D eigenvalue weighted by atomic mass is 9.95. The highest BCUT2D eigenvalue weighted by molar-refractivity contribution is 5.96. The second-order valence-electron chi connectivity index (χ2n) is 8.23. The van der Waals surface area contributed by atoms with E-state index in [0.717, 1.165) is 12.0 Å². The standard InChI is InChI=1S/C21H28N4O3/c1-13(2)10-16-12-25(17(11-14(3)4)19(26)22-16)21(27)18-23-20(28-24-18)15-8-6-5-7-9-15/h5-9,13-14,16-17H,10-12H2,1-4H3,(H,22,26)/t16-,17-/m0/s1. The first kappa shape index (κ1) is 20.0. The number of nitrogens with zero attached hydrogens (tertiary/aromatic N) is 3. The lowest BCUT2D eigenvalue weighted by Crippen LogP contribution is -2.62. The molecule has 2 atom stereocenters. The molecule has 0 bridgehead atoms. The van der Waals surface area contributed by atoms with E-state index in [9.17, 15) is 9.59 Å². The summed E-state index contributed by atoms with van der Waals surface area (Å²) in [5.74, 6) is 0.512. The average Bonchev–Trinajstić information content (AvgIpc) is 3.13. The van der Waals surface area contributed by atoms with Gasteiger partial charge in [-0.15, -0.1) is 0 Å². The van der Waals surface area contributed by atoms with Crippen LogP contribution in [0.3, 0.4) is 0 Å². The Morgan fingerprint density at radius 2 is 1.86 bits per heavy atom. The molecule has 1 aromatic carbocycles. The highest BCUT2D eigenvalue weighted by Gasteiger charge is 2.39. The van der Waals surface area contributed by atoms with E-state index in [4.69, 9.17) is 4.52 Å². The van der Waals surface area contributed by atoms with Gasteiger partial charge in [-0.2, -0.15) is 4.98 Å². The quantitative estimate of drug-likeness (QED) is 0.827. The van der Waals surface area contributed by atoms with E-state index in [0.29, 0.717) is 24.8 Å². The molecule has 1 aliphatic rings. The van der Waals surface area contributed by atoms with Crippen LogP contribution in [0, 0.1) is 11.8 Å². The van der Waals surface area contributed by atoms with Crippen molar-refractivity contribution < 1.29 is 14.1 Å². The Labute approximate surface area is 165 Å². The maximum Gasteiger partial charge on any atom is 0.296 e. The molecule has 1 aromatic heterocycles. The van der Waals surface area contributed by atoms with Crippen molar-refractivity contribution in [2.24, 2.45) is 11.8 Å². The number of hydrogen-bond donors (Lipinski definition) is 1. The smallest absolute Gasteiger partial charge is 0.296 e. The monoisotopic (exact) mass is 384 g/mol. The van der Waals surface area contributed by atoms with Gasteiger partial charge in [-0.3, -0.25) is 9.59 Å². The van der Waals surface area contributed by atoms with E-state index in [1.165, 1.54) is 0 Å². The van der Waals surface area contributed by atoms with Gasteiger partial charge < -0.3 is 14.7 Å². The molecular weight excluding hydrogens is 356 g/mol. The van der Waals surface area contributed by atoms with Crippen molar-refractivity contribution in [1.82, 2.24) is 20.4 Å². The topological polar surface area (TPSA) is 88.3 Å². The van der Waals surface area contributed by atoms with Gasteiger partial charge in [-0.25, -0.2) is 0 Å². The minimum absolute atomic E-state index is 0.00870. The molecule has 7 nitrogen and oxygen atoms in total. The van der Waals surface area contributed by atoms with Gasteiger partial charge in [-0.05, 0) is 36.8 Å². The van der Waals surface area contributed by atoms with Crippen LogP contribution in [0.25, 0.3) is 11.5 Å². The van der Waals surface area contributed by atoms with Crippen molar-refractivity contribution in [3.8, 4) is 11.5 Å². The van der Waals surface area contributed by atoms with Crippen LogP contribution in [0.5, 0.6) is 0 Å². The Bertz CT molecular complexity index is 816. The van der Waals surface area contributed by atoms with E-state index in [2.05, 4.69) is 29.3 Å². The van der Waals surface area contributed by atoms with Gasteiger partial charge >= 0.3 is 0 Å². The molecule has 1 N–H and O–H groups in total. The molecule has 2 amide bonds.